The standard InChI is InChI=1S/C27H37N3O/c1-7-11-21(25(30-29)20-13-10-14-22(16-20)26(2,3)4)18-27(5,6)23-15-9-8-12-19(23)17-24(28)31/h7-16,30H,17-18,29H2,1-6H3,(H2,28,31)/b11-7-,25-21+. The van der Waals surface area contributed by atoms with Gasteiger partial charge in [0, 0.05) is 0 Å². The molecule has 0 bridgehead atoms. The van der Waals surface area contributed by atoms with Crippen LogP contribution in [0.2, 0.25) is 0 Å². The number of amides is 1. The van der Waals surface area contributed by atoms with Crippen LogP contribution in [-0.2, 0) is 22.0 Å². The van der Waals surface area contributed by atoms with Crippen LogP contribution >= 0.6 is 0 Å². The second-order valence-electron chi connectivity index (χ2n) is 9.74. The van der Waals surface area contributed by atoms with E-state index in [4.69, 9.17) is 11.6 Å². The van der Waals surface area contributed by atoms with E-state index in [1.54, 1.807) is 0 Å². The van der Waals surface area contributed by atoms with Crippen molar-refractivity contribution in [1.82, 2.24) is 5.43 Å². The van der Waals surface area contributed by atoms with Crippen LogP contribution in [0.3, 0.4) is 0 Å². The van der Waals surface area contributed by atoms with Crippen LogP contribution < -0.4 is 17.0 Å². The minimum absolute atomic E-state index is 0.0451. The van der Waals surface area contributed by atoms with Gasteiger partial charge in [-0.05, 0) is 58.1 Å². The molecular formula is C27H37N3O. The maximum absolute atomic E-state index is 11.6. The van der Waals surface area contributed by atoms with Gasteiger partial charge in [-0.25, -0.2) is 0 Å². The number of nitrogens with one attached hydrogen (secondary N) is 1. The minimum atomic E-state index is -0.323. The third-order valence-electron chi connectivity index (χ3n) is 5.59. The number of primary amides is 1. The molecule has 166 valence electrons. The van der Waals surface area contributed by atoms with E-state index in [9.17, 15) is 4.79 Å². The number of carbonyl (C=O) groups is 1. The molecule has 0 aliphatic carbocycles. The van der Waals surface area contributed by atoms with E-state index in [1.807, 2.05) is 31.2 Å². The largest absolute Gasteiger partial charge is 0.369 e. The van der Waals surface area contributed by atoms with Crippen molar-refractivity contribution >= 4 is 11.6 Å². The lowest BCUT2D eigenvalue weighted by Gasteiger charge is -2.30. The van der Waals surface area contributed by atoms with Crippen LogP contribution in [0.15, 0.2) is 66.3 Å². The smallest absolute Gasteiger partial charge is 0.221 e. The van der Waals surface area contributed by atoms with E-state index in [-0.39, 0.29) is 23.2 Å². The fourth-order valence-electron chi connectivity index (χ4n) is 4.03. The van der Waals surface area contributed by atoms with E-state index in [1.165, 1.54) is 5.56 Å². The number of hydrogen-bond donors (Lipinski definition) is 3. The molecule has 0 unspecified atom stereocenters. The zero-order valence-corrected chi connectivity index (χ0v) is 19.8. The molecule has 0 heterocycles. The highest BCUT2D eigenvalue weighted by Crippen LogP contribution is 2.36. The van der Waals surface area contributed by atoms with Crippen molar-refractivity contribution in [3.05, 3.63) is 88.5 Å². The predicted octanol–water partition coefficient (Wildman–Crippen LogP) is 5.13. The fraction of sp³-hybridized carbons (Fsp3) is 0.370. The van der Waals surface area contributed by atoms with Gasteiger partial charge in [0.1, 0.15) is 0 Å². The third kappa shape index (κ3) is 6.31. The molecule has 4 heteroatoms. The lowest BCUT2D eigenvalue weighted by atomic mass is 9.75. The summed E-state index contributed by atoms with van der Waals surface area (Å²) >= 11 is 0. The van der Waals surface area contributed by atoms with Crippen molar-refractivity contribution in [3.63, 3.8) is 0 Å². The van der Waals surface area contributed by atoms with E-state index >= 15 is 0 Å². The zero-order valence-electron chi connectivity index (χ0n) is 19.8. The molecule has 0 aromatic heterocycles. The summed E-state index contributed by atoms with van der Waals surface area (Å²) in [4.78, 5) is 11.6. The number of rotatable bonds is 8. The molecule has 2 aromatic carbocycles. The molecule has 0 aliphatic rings. The average Bonchev–Trinajstić information content (AvgIpc) is 2.68. The Bertz CT molecular complexity index is 978. The summed E-state index contributed by atoms with van der Waals surface area (Å²) in [5.41, 5.74) is 14.7. The van der Waals surface area contributed by atoms with Gasteiger partial charge in [0.05, 0.1) is 12.1 Å². The highest BCUT2D eigenvalue weighted by atomic mass is 16.1. The van der Waals surface area contributed by atoms with Gasteiger partial charge in [0.25, 0.3) is 0 Å². The van der Waals surface area contributed by atoms with E-state index < -0.39 is 0 Å². The molecule has 0 saturated carbocycles. The normalized spacial score (nSPS) is 13.3. The summed E-state index contributed by atoms with van der Waals surface area (Å²) in [5.74, 6) is 5.72. The molecule has 1 amide bonds. The van der Waals surface area contributed by atoms with Crippen LogP contribution in [0.25, 0.3) is 5.70 Å². The first-order valence-electron chi connectivity index (χ1n) is 10.8. The highest BCUT2D eigenvalue weighted by Gasteiger charge is 2.26. The molecule has 2 rings (SSSR count). The first-order chi connectivity index (χ1) is 14.5. The number of allylic oxidation sites excluding steroid dienone is 3. The van der Waals surface area contributed by atoms with Crippen molar-refractivity contribution in [1.29, 1.82) is 0 Å². The second-order valence-corrected chi connectivity index (χ2v) is 9.74. The van der Waals surface area contributed by atoms with Gasteiger partial charge < -0.3 is 11.2 Å². The van der Waals surface area contributed by atoms with E-state index in [0.717, 1.165) is 34.4 Å². The fourth-order valence-corrected chi connectivity index (χ4v) is 4.03. The Morgan fingerprint density at radius 3 is 2.29 bits per heavy atom. The highest BCUT2D eigenvalue weighted by molar-refractivity contribution is 5.77. The number of carbonyl (C=O) groups excluding carboxylic acids is 1. The Balaban J connectivity index is 2.56. The van der Waals surface area contributed by atoms with Crippen molar-refractivity contribution in [3.8, 4) is 0 Å². The van der Waals surface area contributed by atoms with Crippen molar-refractivity contribution in [2.45, 2.75) is 65.2 Å². The summed E-state index contributed by atoms with van der Waals surface area (Å²) in [6.07, 6.45) is 5.12. The summed E-state index contributed by atoms with van der Waals surface area (Å²) < 4.78 is 0. The van der Waals surface area contributed by atoms with Crippen LogP contribution in [-0.4, -0.2) is 5.91 Å². The molecular weight excluding hydrogens is 382 g/mol. The molecule has 0 spiro atoms. The van der Waals surface area contributed by atoms with Gasteiger partial charge in [-0.1, -0.05) is 89.2 Å². The minimum Gasteiger partial charge on any atom is -0.369 e. The maximum Gasteiger partial charge on any atom is 0.221 e. The molecule has 0 radical (unpaired) electrons. The van der Waals surface area contributed by atoms with Crippen LogP contribution in [0.4, 0.5) is 0 Å². The summed E-state index contributed by atoms with van der Waals surface area (Å²) in [7, 11) is 0. The summed E-state index contributed by atoms with van der Waals surface area (Å²) in [6, 6.07) is 16.5. The number of hydrazine groups is 1. The molecule has 0 fully saturated rings. The first kappa shape index (κ1) is 24.4. The van der Waals surface area contributed by atoms with Crippen LogP contribution in [0, 0.1) is 0 Å². The molecule has 0 atom stereocenters. The monoisotopic (exact) mass is 419 g/mol. The van der Waals surface area contributed by atoms with Gasteiger partial charge in [-0.15, -0.1) is 0 Å². The number of benzene rings is 2. The number of hydrogen-bond acceptors (Lipinski definition) is 3. The van der Waals surface area contributed by atoms with Gasteiger partial charge in [-0.3, -0.25) is 10.6 Å². The van der Waals surface area contributed by atoms with E-state index in [0.29, 0.717) is 0 Å². The second kappa shape index (κ2) is 9.97. The van der Waals surface area contributed by atoms with Gasteiger partial charge in [0.2, 0.25) is 5.91 Å². The first-order valence-corrected chi connectivity index (χ1v) is 10.8. The van der Waals surface area contributed by atoms with Crippen LogP contribution in [0.1, 0.15) is 70.2 Å². The van der Waals surface area contributed by atoms with Crippen LogP contribution in [0.5, 0.6) is 0 Å². The molecule has 31 heavy (non-hydrogen) atoms. The Morgan fingerprint density at radius 1 is 1.03 bits per heavy atom. The molecule has 2 aromatic rings. The van der Waals surface area contributed by atoms with E-state index in [2.05, 4.69) is 76.5 Å². The Morgan fingerprint density at radius 2 is 1.71 bits per heavy atom. The SMILES string of the molecule is C/C=C\C(CC(C)(C)c1ccccc1CC(N)=O)=C(/NN)c1cccc(C(C)(C)C)c1. The van der Waals surface area contributed by atoms with Gasteiger partial charge in [0.15, 0.2) is 0 Å². The molecule has 4 nitrogen and oxygen atoms in total. The number of nitrogens with two attached hydrogens (primary N) is 2. The quantitative estimate of drug-likeness (QED) is 0.315. The average molecular weight is 420 g/mol. The van der Waals surface area contributed by atoms with Gasteiger partial charge in [-0.2, -0.15) is 0 Å². The molecule has 5 N–H and O–H groups in total. The van der Waals surface area contributed by atoms with Crippen molar-refractivity contribution in [2.24, 2.45) is 11.6 Å². The Kier molecular flexibility index (Phi) is 7.85. The Hall–Kier alpha value is -2.85. The van der Waals surface area contributed by atoms with Gasteiger partial charge >= 0.3 is 0 Å². The lowest BCUT2D eigenvalue weighted by Crippen LogP contribution is -2.26. The maximum atomic E-state index is 11.6. The van der Waals surface area contributed by atoms with Crippen molar-refractivity contribution in [2.75, 3.05) is 0 Å². The topological polar surface area (TPSA) is 81.1 Å². The Labute approximate surface area is 187 Å². The van der Waals surface area contributed by atoms with Crippen molar-refractivity contribution < 1.29 is 4.79 Å². The zero-order chi connectivity index (χ0) is 23.2. The summed E-state index contributed by atoms with van der Waals surface area (Å²) in [5, 5.41) is 0. The lowest BCUT2D eigenvalue weighted by molar-refractivity contribution is -0.117. The summed E-state index contributed by atoms with van der Waals surface area (Å²) in [6.45, 7) is 13.0. The predicted molar refractivity (Wildman–Crippen MR) is 131 cm³/mol. The molecule has 0 aliphatic heterocycles. The third-order valence-corrected chi connectivity index (χ3v) is 5.59. The molecule has 0 saturated heterocycles.